The van der Waals surface area contributed by atoms with E-state index in [0.29, 0.717) is 5.82 Å². The number of rotatable bonds is 2. The number of benzene rings is 2. The molecule has 3 heteroatoms. The van der Waals surface area contributed by atoms with Gasteiger partial charge in [-0.05, 0) is 37.6 Å². The summed E-state index contributed by atoms with van der Waals surface area (Å²) in [6.07, 6.45) is 0. The molecule has 0 spiro atoms. The van der Waals surface area contributed by atoms with Crippen LogP contribution in [0.2, 0.25) is 0 Å². The van der Waals surface area contributed by atoms with Crippen LogP contribution in [0.5, 0.6) is 0 Å². The Balaban J connectivity index is 2.06. The number of aromatic amines is 1. The zero-order valence-electron chi connectivity index (χ0n) is 11.5. The molecule has 0 unspecified atom stereocenters. The Hall–Kier alpha value is -2.55. The number of aromatic nitrogens is 1. The third kappa shape index (κ3) is 2.30. The molecule has 0 aliphatic rings. The molecule has 3 nitrogen and oxygen atoms in total. The molecular weight excluding hydrogens is 248 g/mol. The van der Waals surface area contributed by atoms with Crippen LogP contribution < -0.4 is 10.7 Å². The molecule has 0 fully saturated rings. The summed E-state index contributed by atoms with van der Waals surface area (Å²) in [4.78, 5) is 15.4. The Morgan fingerprint density at radius 1 is 1.00 bits per heavy atom. The van der Waals surface area contributed by atoms with Crippen LogP contribution in [-0.4, -0.2) is 4.98 Å². The van der Waals surface area contributed by atoms with Crippen LogP contribution in [0.4, 0.5) is 11.5 Å². The van der Waals surface area contributed by atoms with E-state index in [-0.39, 0.29) is 5.43 Å². The number of fused-ring (bicyclic) bond motifs is 1. The van der Waals surface area contributed by atoms with Crippen LogP contribution in [0.3, 0.4) is 0 Å². The number of hydrogen-bond donors (Lipinski definition) is 2. The van der Waals surface area contributed by atoms with Gasteiger partial charge in [0.2, 0.25) is 0 Å². The van der Waals surface area contributed by atoms with Gasteiger partial charge in [0.1, 0.15) is 5.82 Å². The zero-order chi connectivity index (χ0) is 14.1. The fraction of sp³-hybridized carbons (Fsp3) is 0.118. The molecule has 0 atom stereocenters. The molecule has 0 aliphatic heterocycles. The second kappa shape index (κ2) is 4.85. The first-order valence-electron chi connectivity index (χ1n) is 6.60. The number of para-hydroxylation sites is 1. The highest BCUT2D eigenvalue weighted by molar-refractivity contribution is 5.83. The van der Waals surface area contributed by atoms with Crippen LogP contribution in [0, 0.1) is 13.8 Å². The number of anilines is 2. The molecule has 1 aromatic heterocycles. The van der Waals surface area contributed by atoms with E-state index in [4.69, 9.17) is 0 Å². The lowest BCUT2D eigenvalue weighted by atomic mass is 10.1. The van der Waals surface area contributed by atoms with Crippen molar-refractivity contribution in [3.05, 3.63) is 69.9 Å². The van der Waals surface area contributed by atoms with Gasteiger partial charge in [-0.2, -0.15) is 0 Å². The van der Waals surface area contributed by atoms with Gasteiger partial charge in [0.15, 0.2) is 5.43 Å². The first-order chi connectivity index (χ1) is 9.63. The van der Waals surface area contributed by atoms with Gasteiger partial charge in [-0.3, -0.25) is 4.79 Å². The van der Waals surface area contributed by atoms with Gasteiger partial charge in [0.25, 0.3) is 0 Å². The molecule has 0 bridgehead atoms. The van der Waals surface area contributed by atoms with E-state index in [0.717, 1.165) is 22.2 Å². The minimum atomic E-state index is 0.0251. The van der Waals surface area contributed by atoms with E-state index in [9.17, 15) is 4.79 Å². The predicted molar refractivity (Wildman–Crippen MR) is 83.8 cm³/mol. The predicted octanol–water partition coefficient (Wildman–Crippen LogP) is 3.89. The summed E-state index contributed by atoms with van der Waals surface area (Å²) in [6.45, 7) is 4.04. The third-order valence-electron chi connectivity index (χ3n) is 3.40. The molecule has 0 saturated carbocycles. The SMILES string of the molecule is Cc1ccc(Nc2cc(=O)c3cccc(C)c3[nH]2)cc1. The van der Waals surface area contributed by atoms with Crippen molar-refractivity contribution in [2.45, 2.75) is 13.8 Å². The summed E-state index contributed by atoms with van der Waals surface area (Å²) in [6, 6.07) is 15.4. The topological polar surface area (TPSA) is 44.9 Å². The molecule has 1 heterocycles. The lowest BCUT2D eigenvalue weighted by Gasteiger charge is -2.09. The number of hydrogen-bond acceptors (Lipinski definition) is 2. The van der Waals surface area contributed by atoms with E-state index >= 15 is 0 Å². The van der Waals surface area contributed by atoms with Crippen LogP contribution in [0.15, 0.2) is 53.3 Å². The van der Waals surface area contributed by atoms with E-state index < -0.39 is 0 Å². The standard InChI is InChI=1S/C17H16N2O/c1-11-6-8-13(9-7-11)18-16-10-15(20)14-5-3-4-12(2)17(14)19-16/h3-10H,1-2H3,(H2,18,19,20). The summed E-state index contributed by atoms with van der Waals surface area (Å²) in [5, 5.41) is 3.96. The minimum Gasteiger partial charge on any atom is -0.342 e. The van der Waals surface area contributed by atoms with Crippen molar-refractivity contribution in [3.63, 3.8) is 0 Å². The van der Waals surface area contributed by atoms with Gasteiger partial charge in [0.05, 0.1) is 5.52 Å². The second-order valence-electron chi connectivity index (χ2n) is 5.04. The van der Waals surface area contributed by atoms with Crippen molar-refractivity contribution in [2.75, 3.05) is 5.32 Å². The smallest absolute Gasteiger partial charge is 0.191 e. The molecule has 2 aromatic carbocycles. The highest BCUT2D eigenvalue weighted by atomic mass is 16.1. The highest BCUT2D eigenvalue weighted by Gasteiger charge is 2.04. The monoisotopic (exact) mass is 264 g/mol. The summed E-state index contributed by atoms with van der Waals surface area (Å²) in [5.74, 6) is 0.709. The number of nitrogens with one attached hydrogen (secondary N) is 2. The maximum absolute atomic E-state index is 12.1. The van der Waals surface area contributed by atoms with Crippen molar-refractivity contribution < 1.29 is 0 Å². The van der Waals surface area contributed by atoms with Crippen LogP contribution in [-0.2, 0) is 0 Å². The Morgan fingerprint density at radius 3 is 2.50 bits per heavy atom. The van der Waals surface area contributed by atoms with Crippen molar-refractivity contribution in [1.29, 1.82) is 0 Å². The Bertz CT molecular complexity index is 817. The van der Waals surface area contributed by atoms with Crippen molar-refractivity contribution in [1.82, 2.24) is 4.98 Å². The molecule has 0 radical (unpaired) electrons. The molecule has 0 aliphatic carbocycles. The average Bonchev–Trinajstić information content (AvgIpc) is 2.43. The van der Waals surface area contributed by atoms with Gasteiger partial charge in [-0.1, -0.05) is 29.8 Å². The van der Waals surface area contributed by atoms with Crippen molar-refractivity contribution in [2.24, 2.45) is 0 Å². The second-order valence-corrected chi connectivity index (χ2v) is 5.04. The van der Waals surface area contributed by atoms with E-state index in [1.807, 2.05) is 56.3 Å². The Morgan fingerprint density at radius 2 is 1.75 bits per heavy atom. The molecular formula is C17H16N2O. The van der Waals surface area contributed by atoms with Gasteiger partial charge in [-0.15, -0.1) is 0 Å². The average molecular weight is 264 g/mol. The van der Waals surface area contributed by atoms with E-state index in [1.54, 1.807) is 6.07 Å². The summed E-state index contributed by atoms with van der Waals surface area (Å²) < 4.78 is 0. The normalized spacial score (nSPS) is 10.7. The lowest BCUT2D eigenvalue weighted by Crippen LogP contribution is -2.05. The van der Waals surface area contributed by atoms with Gasteiger partial charge in [0, 0.05) is 17.1 Å². The van der Waals surface area contributed by atoms with Gasteiger partial charge >= 0.3 is 0 Å². The molecule has 3 aromatic rings. The fourth-order valence-electron chi connectivity index (χ4n) is 2.28. The minimum absolute atomic E-state index is 0.0251. The molecule has 0 saturated heterocycles. The van der Waals surface area contributed by atoms with E-state index in [1.165, 1.54) is 5.56 Å². The first kappa shape index (κ1) is 12.5. The Kier molecular flexibility index (Phi) is 3.03. The summed E-state index contributed by atoms with van der Waals surface area (Å²) in [7, 11) is 0. The molecule has 100 valence electrons. The molecule has 0 amide bonds. The van der Waals surface area contributed by atoms with Crippen LogP contribution in [0.1, 0.15) is 11.1 Å². The third-order valence-corrected chi connectivity index (χ3v) is 3.40. The van der Waals surface area contributed by atoms with Crippen molar-refractivity contribution in [3.8, 4) is 0 Å². The largest absolute Gasteiger partial charge is 0.342 e. The maximum atomic E-state index is 12.1. The number of pyridine rings is 1. The Labute approximate surface area is 117 Å². The quantitative estimate of drug-likeness (QED) is 0.737. The van der Waals surface area contributed by atoms with E-state index in [2.05, 4.69) is 10.3 Å². The summed E-state index contributed by atoms with van der Waals surface area (Å²) >= 11 is 0. The zero-order valence-corrected chi connectivity index (χ0v) is 11.5. The summed E-state index contributed by atoms with van der Waals surface area (Å²) in [5.41, 5.74) is 4.14. The fourth-order valence-corrected chi connectivity index (χ4v) is 2.28. The molecule has 3 rings (SSSR count). The molecule has 20 heavy (non-hydrogen) atoms. The van der Waals surface area contributed by atoms with Gasteiger partial charge in [-0.25, -0.2) is 0 Å². The van der Waals surface area contributed by atoms with Crippen LogP contribution in [0.25, 0.3) is 10.9 Å². The molecule has 2 N–H and O–H groups in total. The number of H-pyrrole nitrogens is 1. The first-order valence-corrected chi connectivity index (χ1v) is 6.60. The van der Waals surface area contributed by atoms with Crippen molar-refractivity contribution >= 4 is 22.4 Å². The maximum Gasteiger partial charge on any atom is 0.191 e. The highest BCUT2D eigenvalue weighted by Crippen LogP contribution is 2.18. The number of aryl methyl sites for hydroxylation is 2. The van der Waals surface area contributed by atoms with Crippen LogP contribution >= 0.6 is 0 Å². The lowest BCUT2D eigenvalue weighted by molar-refractivity contribution is 1.32. The van der Waals surface area contributed by atoms with Gasteiger partial charge < -0.3 is 10.3 Å².